The van der Waals surface area contributed by atoms with Crippen molar-refractivity contribution in [3.8, 4) is 11.5 Å². The van der Waals surface area contributed by atoms with Crippen LogP contribution in [0.5, 0.6) is 11.5 Å². The quantitative estimate of drug-likeness (QED) is 0.835. The van der Waals surface area contributed by atoms with Crippen molar-refractivity contribution in [2.75, 3.05) is 21.3 Å². The van der Waals surface area contributed by atoms with Crippen molar-refractivity contribution in [3.05, 3.63) is 23.8 Å². The van der Waals surface area contributed by atoms with Crippen LogP contribution in [0.1, 0.15) is 5.56 Å². The van der Waals surface area contributed by atoms with Gasteiger partial charge in [-0.05, 0) is 24.7 Å². The molecule has 0 aliphatic heterocycles. The molecule has 0 aromatic heterocycles. The van der Waals surface area contributed by atoms with Crippen molar-refractivity contribution in [2.24, 2.45) is 0 Å². The van der Waals surface area contributed by atoms with Gasteiger partial charge in [0.15, 0.2) is 0 Å². The Labute approximate surface area is 90.8 Å². The molecule has 80 valence electrons. The first-order valence-electron chi connectivity index (χ1n) is 4.16. The van der Waals surface area contributed by atoms with Gasteiger partial charge in [0.25, 0.3) is 0 Å². The Balaban J connectivity index is 0.00000169. The van der Waals surface area contributed by atoms with E-state index in [1.54, 1.807) is 14.2 Å². The van der Waals surface area contributed by atoms with Crippen LogP contribution in [-0.2, 0) is 6.54 Å². The van der Waals surface area contributed by atoms with Gasteiger partial charge in [0, 0.05) is 12.6 Å². The second-order valence-electron chi connectivity index (χ2n) is 2.75. The normalized spacial score (nSPS) is 9.07. The fourth-order valence-corrected chi connectivity index (χ4v) is 1.17. The highest BCUT2D eigenvalue weighted by atomic mass is 35.5. The molecule has 1 aromatic rings. The molecule has 1 rings (SSSR count). The average Bonchev–Trinajstić information content (AvgIpc) is 2.17. The highest BCUT2D eigenvalue weighted by molar-refractivity contribution is 5.85. The van der Waals surface area contributed by atoms with Gasteiger partial charge in [0.05, 0.1) is 14.2 Å². The van der Waals surface area contributed by atoms with E-state index in [2.05, 4.69) is 5.32 Å². The number of ether oxygens (including phenoxy) is 2. The zero-order valence-electron chi connectivity index (χ0n) is 8.66. The van der Waals surface area contributed by atoms with Gasteiger partial charge in [0.1, 0.15) is 11.5 Å². The number of benzene rings is 1. The SMILES string of the molecule is CNCc1cc(OC)cc(OC)c1.Cl. The van der Waals surface area contributed by atoms with Crippen molar-refractivity contribution in [3.63, 3.8) is 0 Å². The van der Waals surface area contributed by atoms with Crippen LogP contribution >= 0.6 is 12.4 Å². The predicted molar refractivity (Wildman–Crippen MR) is 59.6 cm³/mol. The molecule has 14 heavy (non-hydrogen) atoms. The minimum absolute atomic E-state index is 0. The van der Waals surface area contributed by atoms with E-state index in [4.69, 9.17) is 9.47 Å². The van der Waals surface area contributed by atoms with Gasteiger partial charge < -0.3 is 14.8 Å². The van der Waals surface area contributed by atoms with E-state index in [0.717, 1.165) is 23.6 Å². The molecule has 0 aliphatic rings. The maximum atomic E-state index is 5.14. The van der Waals surface area contributed by atoms with E-state index in [1.807, 2.05) is 25.2 Å². The summed E-state index contributed by atoms with van der Waals surface area (Å²) >= 11 is 0. The molecule has 1 N–H and O–H groups in total. The third-order valence-corrected chi connectivity index (χ3v) is 1.79. The van der Waals surface area contributed by atoms with E-state index in [-0.39, 0.29) is 12.4 Å². The Morgan fingerprint density at radius 3 is 1.93 bits per heavy atom. The summed E-state index contributed by atoms with van der Waals surface area (Å²) in [4.78, 5) is 0. The third kappa shape index (κ3) is 3.44. The van der Waals surface area contributed by atoms with E-state index in [9.17, 15) is 0 Å². The molecule has 0 saturated heterocycles. The average molecular weight is 218 g/mol. The third-order valence-electron chi connectivity index (χ3n) is 1.79. The van der Waals surface area contributed by atoms with Crippen molar-refractivity contribution in [1.82, 2.24) is 5.32 Å². The maximum absolute atomic E-state index is 5.14. The zero-order chi connectivity index (χ0) is 9.68. The Morgan fingerprint density at radius 2 is 1.57 bits per heavy atom. The summed E-state index contributed by atoms with van der Waals surface area (Å²) in [5.41, 5.74) is 1.15. The molecule has 3 nitrogen and oxygen atoms in total. The summed E-state index contributed by atoms with van der Waals surface area (Å²) in [7, 11) is 5.21. The van der Waals surface area contributed by atoms with Crippen molar-refractivity contribution < 1.29 is 9.47 Å². The lowest BCUT2D eigenvalue weighted by Gasteiger charge is -2.07. The topological polar surface area (TPSA) is 30.5 Å². The van der Waals surface area contributed by atoms with Crippen molar-refractivity contribution >= 4 is 12.4 Å². The Hall–Kier alpha value is -0.930. The summed E-state index contributed by atoms with van der Waals surface area (Å²) in [6.45, 7) is 0.813. The lowest BCUT2D eigenvalue weighted by atomic mass is 10.2. The van der Waals surface area contributed by atoms with Crippen LogP contribution in [0.25, 0.3) is 0 Å². The molecule has 0 amide bonds. The summed E-state index contributed by atoms with van der Waals surface area (Å²) in [5.74, 6) is 1.65. The van der Waals surface area contributed by atoms with E-state index >= 15 is 0 Å². The Morgan fingerprint density at radius 1 is 1.07 bits per heavy atom. The van der Waals surface area contributed by atoms with Crippen LogP contribution < -0.4 is 14.8 Å². The molecule has 4 heteroatoms. The lowest BCUT2D eigenvalue weighted by Crippen LogP contribution is -2.05. The van der Waals surface area contributed by atoms with E-state index < -0.39 is 0 Å². The summed E-state index contributed by atoms with van der Waals surface area (Å²) in [6.07, 6.45) is 0. The van der Waals surface area contributed by atoms with Crippen LogP contribution in [0, 0.1) is 0 Å². The fourth-order valence-electron chi connectivity index (χ4n) is 1.17. The molecular weight excluding hydrogens is 202 g/mol. The van der Waals surface area contributed by atoms with Gasteiger partial charge in [-0.2, -0.15) is 0 Å². The van der Waals surface area contributed by atoms with E-state index in [0.29, 0.717) is 0 Å². The van der Waals surface area contributed by atoms with Gasteiger partial charge in [-0.25, -0.2) is 0 Å². The smallest absolute Gasteiger partial charge is 0.122 e. The number of rotatable bonds is 4. The number of hydrogen-bond acceptors (Lipinski definition) is 3. The summed E-state index contributed by atoms with van der Waals surface area (Å²) in [6, 6.07) is 5.83. The Bertz CT molecular complexity index is 257. The second-order valence-corrected chi connectivity index (χ2v) is 2.75. The summed E-state index contributed by atoms with van der Waals surface area (Å²) < 4.78 is 10.3. The first-order chi connectivity index (χ1) is 6.30. The first kappa shape index (κ1) is 13.1. The lowest BCUT2D eigenvalue weighted by molar-refractivity contribution is 0.393. The van der Waals surface area contributed by atoms with Gasteiger partial charge in [-0.3, -0.25) is 0 Å². The largest absolute Gasteiger partial charge is 0.497 e. The van der Waals surface area contributed by atoms with Crippen LogP contribution in [0.2, 0.25) is 0 Å². The highest BCUT2D eigenvalue weighted by Crippen LogP contribution is 2.22. The standard InChI is InChI=1S/C10H15NO2.ClH/c1-11-7-8-4-9(12-2)6-10(5-8)13-3;/h4-6,11H,7H2,1-3H3;1H. The molecule has 0 spiro atoms. The van der Waals surface area contributed by atoms with Crippen LogP contribution in [0.3, 0.4) is 0 Å². The van der Waals surface area contributed by atoms with Crippen LogP contribution in [-0.4, -0.2) is 21.3 Å². The number of methoxy groups -OCH3 is 2. The molecule has 0 radical (unpaired) electrons. The fraction of sp³-hybridized carbons (Fsp3) is 0.400. The molecule has 1 aromatic carbocycles. The molecule has 0 heterocycles. The van der Waals surface area contributed by atoms with Gasteiger partial charge in [-0.1, -0.05) is 0 Å². The number of nitrogens with one attached hydrogen (secondary N) is 1. The Kier molecular flexibility index (Phi) is 6.08. The van der Waals surface area contributed by atoms with Crippen molar-refractivity contribution in [1.29, 1.82) is 0 Å². The predicted octanol–water partition coefficient (Wildman–Crippen LogP) is 1.85. The molecule has 0 fully saturated rings. The number of hydrogen-bond donors (Lipinski definition) is 1. The molecular formula is C10H16ClNO2. The molecule has 0 atom stereocenters. The molecule has 0 unspecified atom stereocenters. The zero-order valence-corrected chi connectivity index (χ0v) is 9.48. The second kappa shape index (κ2) is 6.51. The minimum Gasteiger partial charge on any atom is -0.497 e. The molecule has 0 bridgehead atoms. The first-order valence-corrected chi connectivity index (χ1v) is 4.16. The highest BCUT2D eigenvalue weighted by Gasteiger charge is 2.00. The maximum Gasteiger partial charge on any atom is 0.122 e. The molecule has 0 saturated carbocycles. The van der Waals surface area contributed by atoms with Gasteiger partial charge >= 0.3 is 0 Å². The monoisotopic (exact) mass is 217 g/mol. The van der Waals surface area contributed by atoms with Gasteiger partial charge in [0.2, 0.25) is 0 Å². The summed E-state index contributed by atoms with van der Waals surface area (Å²) in [5, 5.41) is 3.08. The van der Waals surface area contributed by atoms with Crippen LogP contribution in [0.4, 0.5) is 0 Å². The minimum atomic E-state index is 0. The molecule has 0 aliphatic carbocycles. The van der Waals surface area contributed by atoms with E-state index in [1.165, 1.54) is 0 Å². The van der Waals surface area contributed by atoms with Crippen molar-refractivity contribution in [2.45, 2.75) is 6.54 Å². The van der Waals surface area contributed by atoms with Gasteiger partial charge in [-0.15, -0.1) is 12.4 Å². The van der Waals surface area contributed by atoms with Crippen LogP contribution in [0.15, 0.2) is 18.2 Å². The number of halogens is 1.